The second-order valence-electron chi connectivity index (χ2n) is 9.51. The van der Waals surface area contributed by atoms with Crippen LogP contribution in [0.4, 0.5) is 0 Å². The summed E-state index contributed by atoms with van der Waals surface area (Å²) in [6.45, 7) is 0.973. The summed E-state index contributed by atoms with van der Waals surface area (Å²) in [5.74, 6) is -1.42. The maximum Gasteiger partial charge on any atom is 0.262 e. The van der Waals surface area contributed by atoms with Crippen molar-refractivity contribution in [2.75, 3.05) is 6.61 Å². The molecule has 4 aromatic carbocycles. The predicted molar refractivity (Wildman–Crippen MR) is 151 cm³/mol. The van der Waals surface area contributed by atoms with Crippen LogP contribution in [0.1, 0.15) is 16.7 Å². The van der Waals surface area contributed by atoms with Gasteiger partial charge >= 0.3 is 0 Å². The average Bonchev–Trinajstić information content (AvgIpc) is 2.99. The van der Waals surface area contributed by atoms with Crippen LogP contribution in [0.3, 0.4) is 0 Å². The van der Waals surface area contributed by atoms with Crippen LogP contribution in [-0.2, 0) is 43.1 Å². The van der Waals surface area contributed by atoms with Crippen molar-refractivity contribution in [3.63, 3.8) is 0 Å². The molecule has 1 N–H and O–H groups in total. The zero-order chi connectivity index (χ0) is 26.9. The summed E-state index contributed by atoms with van der Waals surface area (Å²) in [6.07, 6.45) is -2.39. The topological polar surface area (TPSA) is 74.2 Å². The molecule has 202 valence electrons. The largest absolute Gasteiger partial charge is 0.380 e. The third-order valence-corrected chi connectivity index (χ3v) is 9.30. The molecule has 1 heterocycles. The van der Waals surface area contributed by atoms with Crippen molar-refractivity contribution in [3.8, 4) is 0 Å². The molecule has 0 radical (unpaired) electrons. The number of hydrogen-bond donors (Lipinski definition) is 1. The van der Waals surface area contributed by atoms with Gasteiger partial charge in [0.05, 0.1) is 26.4 Å². The van der Waals surface area contributed by atoms with E-state index in [1.165, 1.54) is 0 Å². The first-order valence-corrected chi connectivity index (χ1v) is 14.8. The van der Waals surface area contributed by atoms with Crippen LogP contribution in [0.15, 0.2) is 121 Å². The van der Waals surface area contributed by atoms with Crippen LogP contribution >= 0.6 is 7.37 Å². The Balaban J connectivity index is 1.43. The quantitative estimate of drug-likeness (QED) is 0.245. The highest BCUT2D eigenvalue weighted by molar-refractivity contribution is 7.67. The smallest absolute Gasteiger partial charge is 0.262 e. The van der Waals surface area contributed by atoms with E-state index in [-0.39, 0.29) is 19.8 Å². The Bertz CT molecular complexity index is 1320. The molecule has 0 spiro atoms. The molecule has 5 atom stereocenters. The summed E-state index contributed by atoms with van der Waals surface area (Å²) < 4.78 is 39.4. The van der Waals surface area contributed by atoms with Gasteiger partial charge in [0.15, 0.2) is 5.85 Å². The Labute approximate surface area is 229 Å². The van der Waals surface area contributed by atoms with Gasteiger partial charge in [-0.05, 0) is 28.8 Å². The third kappa shape index (κ3) is 6.92. The molecule has 1 aliphatic heterocycles. The second kappa shape index (κ2) is 13.3. The van der Waals surface area contributed by atoms with E-state index >= 15 is 0 Å². The summed E-state index contributed by atoms with van der Waals surface area (Å²) in [7, 11) is -3.76. The standard InChI is InChI=1S/C32H33O6P/c33-32-31(37-23-27-17-9-3-10-18-27)30(36-22-26-15-7-2-8-16-26)29(24-35-21-25-13-5-1-6-14-25)38-39(32,34)28-19-11-4-12-20-28/h1-20,29-33H,21-24H2/t29-,30-,31+,32+,39?/m1/s1. The molecule has 4 aromatic rings. The molecule has 1 saturated heterocycles. The van der Waals surface area contributed by atoms with Gasteiger partial charge in [0.2, 0.25) is 0 Å². The highest BCUT2D eigenvalue weighted by Gasteiger charge is 2.54. The monoisotopic (exact) mass is 544 g/mol. The molecule has 1 fully saturated rings. The lowest BCUT2D eigenvalue weighted by atomic mass is 10.1. The normalized spacial score (nSPS) is 24.8. The highest BCUT2D eigenvalue weighted by Crippen LogP contribution is 2.57. The summed E-state index contributed by atoms with van der Waals surface area (Å²) in [6, 6.07) is 38.1. The molecule has 0 amide bonds. The van der Waals surface area contributed by atoms with Gasteiger partial charge in [-0.2, -0.15) is 0 Å². The second-order valence-corrected chi connectivity index (χ2v) is 12.0. The fourth-order valence-electron chi connectivity index (χ4n) is 4.66. The third-order valence-electron chi connectivity index (χ3n) is 6.70. The minimum absolute atomic E-state index is 0.114. The zero-order valence-electron chi connectivity index (χ0n) is 21.6. The minimum atomic E-state index is -3.76. The van der Waals surface area contributed by atoms with Crippen molar-refractivity contribution >= 4 is 12.7 Å². The van der Waals surface area contributed by atoms with Gasteiger partial charge < -0.3 is 23.8 Å². The van der Waals surface area contributed by atoms with Gasteiger partial charge in [0.25, 0.3) is 7.37 Å². The Morgan fingerprint density at radius 1 is 0.615 bits per heavy atom. The Morgan fingerprint density at radius 2 is 1.05 bits per heavy atom. The van der Waals surface area contributed by atoms with Crippen LogP contribution < -0.4 is 5.30 Å². The number of hydrogen-bond acceptors (Lipinski definition) is 6. The van der Waals surface area contributed by atoms with E-state index in [4.69, 9.17) is 18.7 Å². The number of rotatable bonds is 11. The molecular formula is C32H33O6P. The summed E-state index contributed by atoms with van der Waals surface area (Å²) in [4.78, 5) is 0. The maximum absolute atomic E-state index is 14.4. The molecule has 7 heteroatoms. The highest BCUT2D eigenvalue weighted by atomic mass is 31.2. The van der Waals surface area contributed by atoms with Gasteiger partial charge in [-0.1, -0.05) is 109 Å². The van der Waals surface area contributed by atoms with Crippen LogP contribution in [-0.4, -0.2) is 35.9 Å². The molecule has 6 nitrogen and oxygen atoms in total. The molecule has 39 heavy (non-hydrogen) atoms. The summed E-state index contributed by atoms with van der Waals surface area (Å²) in [5.41, 5.74) is 2.91. The van der Waals surface area contributed by atoms with E-state index < -0.39 is 31.5 Å². The molecular weight excluding hydrogens is 511 g/mol. The first-order chi connectivity index (χ1) is 19.1. The number of aliphatic hydroxyl groups is 1. The van der Waals surface area contributed by atoms with E-state index in [1.54, 1.807) is 24.3 Å². The van der Waals surface area contributed by atoms with Crippen molar-refractivity contribution in [1.29, 1.82) is 0 Å². The maximum atomic E-state index is 14.4. The van der Waals surface area contributed by atoms with Gasteiger partial charge in [-0.3, -0.25) is 4.57 Å². The van der Waals surface area contributed by atoms with Crippen molar-refractivity contribution in [1.82, 2.24) is 0 Å². The zero-order valence-corrected chi connectivity index (χ0v) is 22.5. The van der Waals surface area contributed by atoms with Crippen LogP contribution in [0, 0.1) is 0 Å². The number of ether oxygens (including phenoxy) is 3. The lowest BCUT2D eigenvalue weighted by Gasteiger charge is -2.44. The Kier molecular flexibility index (Phi) is 9.38. The van der Waals surface area contributed by atoms with Crippen molar-refractivity contribution in [3.05, 3.63) is 138 Å². The molecule has 0 bridgehead atoms. The van der Waals surface area contributed by atoms with Crippen LogP contribution in [0.5, 0.6) is 0 Å². The van der Waals surface area contributed by atoms with Crippen molar-refractivity contribution in [2.24, 2.45) is 0 Å². The molecule has 0 aliphatic carbocycles. The fraction of sp³-hybridized carbons (Fsp3) is 0.250. The fourth-order valence-corrected chi connectivity index (χ4v) is 7.02. The van der Waals surface area contributed by atoms with E-state index in [0.717, 1.165) is 16.7 Å². The number of aliphatic hydroxyl groups excluding tert-OH is 1. The molecule has 0 aromatic heterocycles. The first-order valence-electron chi connectivity index (χ1n) is 13.1. The van der Waals surface area contributed by atoms with E-state index in [1.807, 2.05) is 97.1 Å². The summed E-state index contributed by atoms with van der Waals surface area (Å²) in [5, 5.41) is 12.0. The van der Waals surface area contributed by atoms with E-state index in [0.29, 0.717) is 11.9 Å². The predicted octanol–water partition coefficient (Wildman–Crippen LogP) is 5.69. The van der Waals surface area contributed by atoms with Gasteiger partial charge in [0.1, 0.15) is 18.3 Å². The van der Waals surface area contributed by atoms with Gasteiger partial charge in [-0.25, -0.2) is 0 Å². The SMILES string of the molecule is O=P1(c2ccccc2)O[C@H](COCc2ccccc2)[C@@H](OCc2ccccc2)[C@H](OCc2ccccc2)[C@H]1O. The van der Waals surface area contributed by atoms with E-state index in [2.05, 4.69) is 0 Å². The minimum Gasteiger partial charge on any atom is -0.380 e. The van der Waals surface area contributed by atoms with Gasteiger partial charge in [0, 0.05) is 5.30 Å². The van der Waals surface area contributed by atoms with Crippen LogP contribution in [0.25, 0.3) is 0 Å². The average molecular weight is 545 g/mol. The summed E-state index contributed by atoms with van der Waals surface area (Å²) >= 11 is 0. The molecule has 1 unspecified atom stereocenters. The van der Waals surface area contributed by atoms with Crippen LogP contribution in [0.2, 0.25) is 0 Å². The van der Waals surface area contributed by atoms with Gasteiger partial charge in [-0.15, -0.1) is 0 Å². The van der Waals surface area contributed by atoms with Crippen molar-refractivity contribution < 1.29 is 28.4 Å². The van der Waals surface area contributed by atoms with E-state index in [9.17, 15) is 9.67 Å². The Morgan fingerprint density at radius 3 is 1.56 bits per heavy atom. The molecule has 0 saturated carbocycles. The molecule has 5 rings (SSSR count). The lowest BCUT2D eigenvalue weighted by molar-refractivity contribution is -0.174. The first kappa shape index (κ1) is 27.5. The Hall–Kier alpha value is -3.09. The lowest BCUT2D eigenvalue weighted by Crippen LogP contribution is -2.55. The van der Waals surface area contributed by atoms with Crippen molar-refractivity contribution in [2.45, 2.75) is 44.0 Å². The molecule has 1 aliphatic rings. The number of benzene rings is 4.